The highest BCUT2D eigenvalue weighted by Crippen LogP contribution is 2.22. The van der Waals surface area contributed by atoms with Gasteiger partial charge < -0.3 is 5.11 Å². The number of aromatic hydroxyl groups is 1. The van der Waals surface area contributed by atoms with Crippen molar-refractivity contribution in [1.82, 2.24) is 0 Å². The van der Waals surface area contributed by atoms with Gasteiger partial charge in [-0.15, -0.1) is 0 Å². The van der Waals surface area contributed by atoms with Crippen molar-refractivity contribution >= 4 is 33.2 Å². The van der Waals surface area contributed by atoms with Crippen LogP contribution in [0.4, 0.5) is 0 Å². The van der Waals surface area contributed by atoms with Crippen molar-refractivity contribution < 1.29 is 5.11 Å². The van der Waals surface area contributed by atoms with E-state index < -0.39 is 0 Å². The first-order valence-electron chi connectivity index (χ1n) is 3.76. The fourth-order valence-corrected chi connectivity index (χ4v) is 1.21. The highest BCUT2D eigenvalue weighted by molar-refractivity contribution is 9.22. The molecule has 0 aliphatic carbocycles. The van der Waals surface area contributed by atoms with Gasteiger partial charge in [-0.05, 0) is 11.5 Å². The lowest BCUT2D eigenvalue weighted by Gasteiger charge is -1.97. The Kier molecular flexibility index (Phi) is 3.84. The monoisotopic (exact) mass is 234 g/mol. The van der Waals surface area contributed by atoms with Crippen molar-refractivity contribution in [2.75, 3.05) is 0 Å². The number of phenolic OH excluding ortho intramolecular Hbond substituents is 1. The molecule has 0 fully saturated rings. The van der Waals surface area contributed by atoms with Crippen LogP contribution in [-0.2, 0) is 0 Å². The maximum Gasteiger partial charge on any atom is 0.176 e. The molecule has 0 saturated carbocycles. The van der Waals surface area contributed by atoms with E-state index in [0.717, 1.165) is 10.8 Å². The van der Waals surface area contributed by atoms with E-state index in [1.165, 1.54) is 0 Å². The van der Waals surface area contributed by atoms with Crippen LogP contribution in [0.5, 0.6) is 5.75 Å². The third-order valence-corrected chi connectivity index (χ3v) is 1.77. The maximum absolute atomic E-state index is 9.37. The Labute approximate surface area is 86.8 Å². The van der Waals surface area contributed by atoms with Gasteiger partial charge >= 0.3 is 0 Å². The molecule has 13 heavy (non-hydrogen) atoms. The van der Waals surface area contributed by atoms with Gasteiger partial charge in [-0.25, -0.2) is 0 Å². The average molecular weight is 235 g/mol. The standard InChI is InChI=1S/C10H8O.BBr/c11-10-7-3-5-8-4-1-2-6-9(8)10;1-2/h1-7,11H;. The molecule has 0 amide bonds. The highest BCUT2D eigenvalue weighted by atomic mass is 79.9. The summed E-state index contributed by atoms with van der Waals surface area (Å²) >= 11 is 2.44. The Bertz CT molecular complexity index is 384. The van der Waals surface area contributed by atoms with Crippen LogP contribution in [0.25, 0.3) is 10.8 Å². The second-order valence-electron chi connectivity index (χ2n) is 2.50. The maximum atomic E-state index is 9.37. The first-order valence-corrected chi connectivity index (χ1v) is 4.68. The van der Waals surface area contributed by atoms with Crippen molar-refractivity contribution in [3.63, 3.8) is 0 Å². The average Bonchev–Trinajstić information content (AvgIpc) is 2.22. The van der Waals surface area contributed by atoms with Crippen molar-refractivity contribution in [3.8, 4) is 5.75 Å². The van der Waals surface area contributed by atoms with Crippen LogP contribution in [0.1, 0.15) is 0 Å². The zero-order chi connectivity index (χ0) is 9.68. The highest BCUT2D eigenvalue weighted by Gasteiger charge is 1.94. The SMILES string of the molecule is Oc1cccc2ccccc12.[B]Br. The van der Waals surface area contributed by atoms with Crippen molar-refractivity contribution in [3.05, 3.63) is 42.5 Å². The van der Waals surface area contributed by atoms with Crippen molar-refractivity contribution in [2.24, 2.45) is 0 Å². The quantitative estimate of drug-likeness (QED) is 0.695. The minimum absolute atomic E-state index is 0.350. The van der Waals surface area contributed by atoms with Gasteiger partial charge in [-0.3, -0.25) is 0 Å². The molecule has 0 atom stereocenters. The molecule has 2 aromatic carbocycles. The molecule has 0 spiro atoms. The summed E-state index contributed by atoms with van der Waals surface area (Å²) in [6.07, 6.45) is 0. The Hall–Kier alpha value is -0.955. The second-order valence-corrected chi connectivity index (χ2v) is 2.50. The van der Waals surface area contributed by atoms with E-state index in [9.17, 15) is 5.11 Å². The molecule has 1 N–H and O–H groups in total. The molecule has 0 unspecified atom stereocenters. The molecular weight excluding hydrogens is 227 g/mol. The van der Waals surface area contributed by atoms with Crippen LogP contribution in [0.15, 0.2) is 42.5 Å². The van der Waals surface area contributed by atoms with Crippen molar-refractivity contribution in [1.29, 1.82) is 0 Å². The molecule has 2 radical (unpaired) electrons. The topological polar surface area (TPSA) is 20.2 Å². The number of hydrogen-bond acceptors (Lipinski definition) is 1. The molecular formula is C10H8BBrO. The molecule has 0 heterocycles. The van der Waals surface area contributed by atoms with Gasteiger partial charge in [0.1, 0.15) is 5.75 Å². The molecule has 0 aromatic heterocycles. The normalized spacial score (nSPS) is 9.00. The summed E-state index contributed by atoms with van der Waals surface area (Å²) in [5, 5.41) is 11.4. The summed E-state index contributed by atoms with van der Waals surface area (Å²) in [7, 11) is 0. The fraction of sp³-hybridized carbons (Fsp3) is 0. The fourth-order valence-electron chi connectivity index (χ4n) is 1.21. The van der Waals surface area contributed by atoms with E-state index in [-0.39, 0.29) is 0 Å². The summed E-state index contributed by atoms with van der Waals surface area (Å²) < 4.78 is 0. The minimum atomic E-state index is 0.350. The lowest BCUT2D eigenvalue weighted by Crippen LogP contribution is -1.70. The van der Waals surface area contributed by atoms with Gasteiger partial charge in [-0.1, -0.05) is 36.4 Å². The third-order valence-electron chi connectivity index (χ3n) is 1.77. The van der Waals surface area contributed by atoms with Crippen LogP contribution >= 0.6 is 15.8 Å². The van der Waals surface area contributed by atoms with Gasteiger partial charge in [-0.2, -0.15) is 15.8 Å². The summed E-state index contributed by atoms with van der Waals surface area (Å²) in [5.41, 5.74) is 0. The summed E-state index contributed by atoms with van der Waals surface area (Å²) in [4.78, 5) is 0. The van der Waals surface area contributed by atoms with E-state index in [1.54, 1.807) is 6.07 Å². The van der Waals surface area contributed by atoms with E-state index >= 15 is 0 Å². The van der Waals surface area contributed by atoms with Crippen LogP contribution in [0, 0.1) is 0 Å². The van der Waals surface area contributed by atoms with Crippen LogP contribution in [0.2, 0.25) is 0 Å². The molecule has 0 bridgehead atoms. The molecule has 64 valence electrons. The van der Waals surface area contributed by atoms with Gasteiger partial charge in [0, 0.05) is 5.39 Å². The predicted octanol–water partition coefficient (Wildman–Crippen LogP) is 3.01. The molecule has 0 aliphatic rings. The van der Waals surface area contributed by atoms with E-state index in [4.69, 9.17) is 0 Å². The Balaban J connectivity index is 0.000000396. The Morgan fingerprint density at radius 3 is 2.23 bits per heavy atom. The molecule has 3 heteroatoms. The zero-order valence-electron chi connectivity index (χ0n) is 6.94. The first-order chi connectivity index (χ1) is 6.38. The number of benzene rings is 2. The first kappa shape index (κ1) is 10.1. The summed E-state index contributed by atoms with van der Waals surface area (Å²) in [6, 6.07) is 13.3. The number of fused-ring (bicyclic) bond motifs is 1. The van der Waals surface area contributed by atoms with E-state index in [2.05, 4.69) is 22.4 Å². The van der Waals surface area contributed by atoms with E-state index in [0.29, 0.717) is 5.75 Å². The van der Waals surface area contributed by atoms with Gasteiger partial charge in [0.05, 0.1) is 0 Å². The van der Waals surface area contributed by atoms with Gasteiger partial charge in [0.15, 0.2) is 6.67 Å². The molecule has 2 rings (SSSR count). The van der Waals surface area contributed by atoms with Gasteiger partial charge in [0.25, 0.3) is 0 Å². The zero-order valence-corrected chi connectivity index (χ0v) is 8.53. The third kappa shape index (κ3) is 2.25. The largest absolute Gasteiger partial charge is 0.507 e. The summed E-state index contributed by atoms with van der Waals surface area (Å²) in [6.45, 7) is 4.31. The predicted molar refractivity (Wildman–Crippen MR) is 60.3 cm³/mol. The van der Waals surface area contributed by atoms with Crippen LogP contribution in [0.3, 0.4) is 0 Å². The lowest BCUT2D eigenvalue weighted by atomic mass is 10.1. The molecule has 1 nitrogen and oxygen atoms in total. The number of halogens is 1. The number of rotatable bonds is 0. The van der Waals surface area contributed by atoms with Gasteiger partial charge in [0.2, 0.25) is 0 Å². The van der Waals surface area contributed by atoms with E-state index in [1.807, 2.05) is 36.4 Å². The molecule has 0 aliphatic heterocycles. The van der Waals surface area contributed by atoms with Crippen molar-refractivity contribution in [2.45, 2.75) is 0 Å². The molecule has 2 aromatic rings. The summed E-state index contributed by atoms with van der Waals surface area (Å²) in [5.74, 6) is 0.350. The Morgan fingerprint density at radius 1 is 0.923 bits per heavy atom. The minimum Gasteiger partial charge on any atom is -0.507 e. The molecule has 0 saturated heterocycles. The number of phenols is 1. The Morgan fingerprint density at radius 2 is 1.54 bits per heavy atom. The van der Waals surface area contributed by atoms with Crippen LogP contribution < -0.4 is 0 Å². The smallest absolute Gasteiger partial charge is 0.176 e. The van der Waals surface area contributed by atoms with Crippen LogP contribution in [-0.4, -0.2) is 11.8 Å². The second kappa shape index (κ2) is 4.92. The number of hydrogen-bond donors (Lipinski definition) is 1. The lowest BCUT2D eigenvalue weighted by molar-refractivity contribution is 0.481.